The van der Waals surface area contributed by atoms with Gasteiger partial charge in [0.05, 0.1) is 7.11 Å². The summed E-state index contributed by atoms with van der Waals surface area (Å²) in [6, 6.07) is 5.88. The topological polar surface area (TPSA) is 34.5 Å². The van der Waals surface area contributed by atoms with Crippen LogP contribution < -0.4 is 4.74 Å². The quantitative estimate of drug-likeness (QED) is 0.786. The van der Waals surface area contributed by atoms with E-state index in [-0.39, 0.29) is 5.78 Å². The summed E-state index contributed by atoms with van der Waals surface area (Å²) in [6.45, 7) is 2.76. The highest BCUT2D eigenvalue weighted by Crippen LogP contribution is 2.29. The first-order valence-electron chi connectivity index (χ1n) is 6.76. The van der Waals surface area contributed by atoms with E-state index in [1.54, 1.807) is 7.11 Å². The minimum absolute atomic E-state index is 0.190. The fraction of sp³-hybridized carbons (Fsp3) is 0.438. The van der Waals surface area contributed by atoms with E-state index in [4.69, 9.17) is 4.74 Å². The summed E-state index contributed by atoms with van der Waals surface area (Å²) >= 11 is 0. The number of aromatic nitrogens is 1. The molecule has 108 valence electrons. The van der Waals surface area contributed by atoms with Crippen molar-refractivity contribution in [2.24, 2.45) is 7.05 Å². The van der Waals surface area contributed by atoms with Crippen molar-refractivity contribution < 1.29 is 9.53 Å². The van der Waals surface area contributed by atoms with Crippen LogP contribution in [-0.4, -0.2) is 43.0 Å². The highest BCUT2D eigenvalue weighted by Gasteiger charge is 2.18. The molecular weight excluding hydrogens is 252 g/mol. The van der Waals surface area contributed by atoms with E-state index < -0.39 is 0 Å². The first-order chi connectivity index (χ1) is 9.45. The molecule has 0 N–H and O–H groups in total. The summed E-state index contributed by atoms with van der Waals surface area (Å²) in [5, 5.41) is 0.980. The molecule has 0 aliphatic heterocycles. The van der Waals surface area contributed by atoms with Crippen LogP contribution in [0.4, 0.5) is 0 Å². The lowest BCUT2D eigenvalue weighted by Crippen LogP contribution is -2.17. The highest BCUT2D eigenvalue weighted by molar-refractivity contribution is 6.09. The zero-order chi connectivity index (χ0) is 14.9. The van der Waals surface area contributed by atoms with Crippen LogP contribution in [0.5, 0.6) is 5.75 Å². The van der Waals surface area contributed by atoms with E-state index in [1.807, 2.05) is 51.2 Å². The van der Waals surface area contributed by atoms with Gasteiger partial charge in [-0.05, 0) is 39.2 Å². The minimum Gasteiger partial charge on any atom is -0.497 e. The number of carbonyl (C=O) groups excluding carboxylic acids is 1. The monoisotopic (exact) mass is 274 g/mol. The Labute approximate surface area is 119 Å². The smallest absolute Gasteiger partial charge is 0.166 e. The van der Waals surface area contributed by atoms with Crippen LogP contribution in [0.25, 0.3) is 10.9 Å². The molecule has 0 saturated heterocycles. The summed E-state index contributed by atoms with van der Waals surface area (Å²) in [4.78, 5) is 14.5. The average molecular weight is 274 g/mol. The molecule has 0 radical (unpaired) electrons. The lowest BCUT2D eigenvalue weighted by atomic mass is 10.0. The Kier molecular flexibility index (Phi) is 4.14. The Morgan fingerprint density at radius 2 is 2.05 bits per heavy atom. The van der Waals surface area contributed by atoms with Gasteiger partial charge in [-0.1, -0.05) is 0 Å². The Balaban J connectivity index is 2.50. The van der Waals surface area contributed by atoms with Crippen LogP contribution in [0.2, 0.25) is 0 Å². The number of fused-ring (bicyclic) bond motifs is 1. The predicted molar refractivity (Wildman–Crippen MR) is 81.7 cm³/mol. The van der Waals surface area contributed by atoms with Gasteiger partial charge in [0.15, 0.2) is 5.78 Å². The number of hydrogen-bond donors (Lipinski definition) is 0. The first kappa shape index (κ1) is 14.6. The van der Waals surface area contributed by atoms with E-state index in [0.717, 1.165) is 34.5 Å². The number of aryl methyl sites for hydroxylation is 1. The van der Waals surface area contributed by atoms with Crippen molar-refractivity contribution in [3.05, 3.63) is 29.5 Å². The van der Waals surface area contributed by atoms with Gasteiger partial charge in [-0.2, -0.15) is 0 Å². The molecule has 1 heterocycles. The second-order valence-electron chi connectivity index (χ2n) is 5.38. The van der Waals surface area contributed by atoms with Gasteiger partial charge in [-0.25, -0.2) is 0 Å². The van der Waals surface area contributed by atoms with Crippen molar-refractivity contribution in [2.75, 3.05) is 27.7 Å². The van der Waals surface area contributed by atoms with Crippen LogP contribution in [0.15, 0.2) is 18.2 Å². The summed E-state index contributed by atoms with van der Waals surface area (Å²) in [5.41, 5.74) is 2.90. The molecule has 2 aromatic rings. The predicted octanol–water partition coefficient (Wildman–Crippen LogP) is 2.63. The van der Waals surface area contributed by atoms with E-state index in [0.29, 0.717) is 6.42 Å². The summed E-state index contributed by atoms with van der Waals surface area (Å²) in [7, 11) is 7.59. The number of rotatable bonds is 5. The van der Waals surface area contributed by atoms with Gasteiger partial charge in [0.1, 0.15) is 5.75 Å². The summed E-state index contributed by atoms with van der Waals surface area (Å²) in [5.74, 6) is 0.972. The normalized spacial score (nSPS) is 11.3. The Hall–Kier alpha value is -1.81. The van der Waals surface area contributed by atoms with E-state index >= 15 is 0 Å². The molecule has 4 heteroatoms. The lowest BCUT2D eigenvalue weighted by Gasteiger charge is -2.08. The number of hydrogen-bond acceptors (Lipinski definition) is 3. The van der Waals surface area contributed by atoms with Crippen LogP contribution in [-0.2, 0) is 7.05 Å². The maximum Gasteiger partial charge on any atom is 0.166 e. The molecule has 20 heavy (non-hydrogen) atoms. The zero-order valence-electron chi connectivity index (χ0n) is 12.9. The van der Waals surface area contributed by atoms with Crippen LogP contribution >= 0.6 is 0 Å². The molecule has 0 unspecified atom stereocenters. The third-order valence-corrected chi connectivity index (χ3v) is 3.76. The number of ketones is 1. The molecule has 4 nitrogen and oxygen atoms in total. The molecule has 0 bridgehead atoms. The molecule has 1 aromatic carbocycles. The van der Waals surface area contributed by atoms with Crippen molar-refractivity contribution in [1.82, 2.24) is 9.47 Å². The third kappa shape index (κ3) is 2.56. The summed E-state index contributed by atoms with van der Waals surface area (Å²) < 4.78 is 7.34. The molecule has 0 saturated carbocycles. The Morgan fingerprint density at radius 1 is 1.35 bits per heavy atom. The number of Topliss-reactive ketones (excluding diaryl/α,β-unsaturated/α-hetero) is 1. The fourth-order valence-corrected chi connectivity index (χ4v) is 2.48. The number of nitrogens with zero attached hydrogens (tertiary/aromatic N) is 2. The van der Waals surface area contributed by atoms with Crippen molar-refractivity contribution in [3.63, 3.8) is 0 Å². The first-order valence-corrected chi connectivity index (χ1v) is 6.76. The molecule has 0 aliphatic rings. The van der Waals surface area contributed by atoms with E-state index in [2.05, 4.69) is 4.57 Å². The van der Waals surface area contributed by atoms with Gasteiger partial charge in [-0.15, -0.1) is 0 Å². The maximum atomic E-state index is 12.5. The van der Waals surface area contributed by atoms with Crippen molar-refractivity contribution >= 4 is 16.7 Å². The van der Waals surface area contributed by atoms with Crippen LogP contribution in [0.1, 0.15) is 22.5 Å². The molecule has 2 rings (SSSR count). The van der Waals surface area contributed by atoms with Crippen LogP contribution in [0, 0.1) is 6.92 Å². The van der Waals surface area contributed by atoms with E-state index in [1.165, 1.54) is 0 Å². The molecule has 0 amide bonds. The van der Waals surface area contributed by atoms with Crippen molar-refractivity contribution in [2.45, 2.75) is 13.3 Å². The maximum absolute atomic E-state index is 12.5. The molecule has 0 fully saturated rings. The number of carbonyl (C=O) groups is 1. The number of benzene rings is 1. The van der Waals surface area contributed by atoms with Gasteiger partial charge >= 0.3 is 0 Å². The van der Waals surface area contributed by atoms with Crippen molar-refractivity contribution in [1.29, 1.82) is 0 Å². The molecule has 0 spiro atoms. The highest BCUT2D eigenvalue weighted by atomic mass is 16.5. The molecular formula is C16H22N2O2. The number of ether oxygens (including phenoxy) is 1. The van der Waals surface area contributed by atoms with Crippen molar-refractivity contribution in [3.8, 4) is 5.75 Å². The standard InChI is InChI=1S/C16H22N2O2/c1-11-16(15(19)8-9-17(2)3)13-10-12(20-5)6-7-14(13)18(11)4/h6-7,10H,8-9H2,1-5H3. The van der Waals surface area contributed by atoms with E-state index in [9.17, 15) is 4.79 Å². The van der Waals surface area contributed by atoms with Gasteiger partial charge in [-0.3, -0.25) is 4.79 Å². The number of methoxy groups -OCH3 is 1. The third-order valence-electron chi connectivity index (χ3n) is 3.76. The largest absolute Gasteiger partial charge is 0.497 e. The SMILES string of the molecule is COc1ccc2c(c1)c(C(=O)CCN(C)C)c(C)n2C. The Morgan fingerprint density at radius 3 is 2.65 bits per heavy atom. The molecule has 0 atom stereocenters. The molecule has 0 aliphatic carbocycles. The van der Waals surface area contributed by atoms with Gasteiger partial charge in [0.25, 0.3) is 0 Å². The van der Waals surface area contributed by atoms with Gasteiger partial charge < -0.3 is 14.2 Å². The average Bonchev–Trinajstić information content (AvgIpc) is 2.68. The van der Waals surface area contributed by atoms with Gasteiger partial charge in [0, 0.05) is 42.2 Å². The van der Waals surface area contributed by atoms with Gasteiger partial charge in [0.2, 0.25) is 0 Å². The second-order valence-corrected chi connectivity index (χ2v) is 5.38. The lowest BCUT2D eigenvalue weighted by molar-refractivity contribution is 0.0973. The Bertz CT molecular complexity index is 641. The second kappa shape index (κ2) is 5.67. The zero-order valence-corrected chi connectivity index (χ0v) is 12.9. The minimum atomic E-state index is 0.190. The molecule has 1 aromatic heterocycles. The summed E-state index contributed by atoms with van der Waals surface area (Å²) in [6.07, 6.45) is 0.532. The van der Waals surface area contributed by atoms with Crippen LogP contribution in [0.3, 0.4) is 0 Å². The fourth-order valence-electron chi connectivity index (χ4n) is 2.48.